The molecule has 14 atom stereocenters. The van der Waals surface area contributed by atoms with Crippen LogP contribution in [0.1, 0.15) is 19.8 Å². The molecule has 3 rings (SSSR count). The molecule has 2 saturated heterocycles. The Morgan fingerprint density at radius 1 is 0.774 bits per heavy atom. The summed E-state index contributed by atoms with van der Waals surface area (Å²) in [4.78, 5) is 0. The van der Waals surface area contributed by atoms with Crippen molar-refractivity contribution in [3.63, 3.8) is 0 Å². The lowest BCUT2D eigenvalue weighted by molar-refractivity contribution is -0.314. The number of ether oxygens (including phenoxy) is 4. The predicted molar refractivity (Wildman–Crippen MR) is 105 cm³/mol. The minimum absolute atomic E-state index is 0.216. The molecule has 13 nitrogen and oxygen atoms in total. The topological polar surface area (TPSA) is 242 Å². The molecular formula is C18H36N4O9. The van der Waals surface area contributed by atoms with Crippen LogP contribution in [0, 0.1) is 0 Å². The molecule has 13 heteroatoms. The summed E-state index contributed by atoms with van der Waals surface area (Å²) in [6.07, 6.45) is -10.2. The summed E-state index contributed by atoms with van der Waals surface area (Å²) in [6.45, 7) is 1.14. The maximum Gasteiger partial charge on any atom is 0.186 e. The summed E-state index contributed by atoms with van der Waals surface area (Å²) in [6, 6.07) is -3.15. The van der Waals surface area contributed by atoms with Crippen molar-refractivity contribution in [1.29, 1.82) is 0 Å². The van der Waals surface area contributed by atoms with Gasteiger partial charge in [-0.1, -0.05) is 0 Å². The highest BCUT2D eigenvalue weighted by Crippen LogP contribution is 2.30. The van der Waals surface area contributed by atoms with E-state index < -0.39 is 92.2 Å². The van der Waals surface area contributed by atoms with Crippen molar-refractivity contribution in [2.45, 2.75) is 105 Å². The van der Waals surface area contributed by atoms with Crippen molar-refractivity contribution in [2.75, 3.05) is 6.61 Å². The number of aliphatic hydroxyl groups excluding tert-OH is 5. The molecule has 0 amide bonds. The maximum atomic E-state index is 10.9. The van der Waals surface area contributed by atoms with E-state index in [1.165, 1.54) is 0 Å². The van der Waals surface area contributed by atoms with Crippen molar-refractivity contribution in [3.05, 3.63) is 0 Å². The Bertz CT molecular complexity index is 590. The minimum Gasteiger partial charge on any atom is -0.394 e. The van der Waals surface area contributed by atoms with Gasteiger partial charge in [0.1, 0.15) is 36.6 Å². The zero-order valence-corrected chi connectivity index (χ0v) is 17.4. The van der Waals surface area contributed by atoms with Gasteiger partial charge in [0.25, 0.3) is 0 Å². The van der Waals surface area contributed by atoms with Gasteiger partial charge in [0.15, 0.2) is 12.6 Å². The Morgan fingerprint density at radius 3 is 1.94 bits per heavy atom. The Labute approximate surface area is 180 Å². The zero-order chi connectivity index (χ0) is 23.0. The molecule has 0 aromatic heterocycles. The van der Waals surface area contributed by atoms with Crippen LogP contribution >= 0.6 is 0 Å². The van der Waals surface area contributed by atoms with Gasteiger partial charge in [-0.25, -0.2) is 0 Å². The van der Waals surface area contributed by atoms with Crippen LogP contribution in [0.3, 0.4) is 0 Å². The summed E-state index contributed by atoms with van der Waals surface area (Å²) in [5.74, 6) is 0. The molecule has 0 aromatic rings. The molecule has 0 radical (unpaired) electrons. The molecule has 3 aliphatic rings. The average molecular weight is 453 g/mol. The molecule has 2 heterocycles. The number of hydrogen-bond acceptors (Lipinski definition) is 13. The van der Waals surface area contributed by atoms with Crippen molar-refractivity contribution >= 4 is 0 Å². The second-order valence-corrected chi connectivity index (χ2v) is 8.72. The van der Waals surface area contributed by atoms with Crippen LogP contribution < -0.4 is 22.9 Å². The van der Waals surface area contributed by atoms with Gasteiger partial charge >= 0.3 is 0 Å². The number of aliphatic hydroxyl groups is 5. The van der Waals surface area contributed by atoms with Crippen LogP contribution in [-0.2, 0) is 18.9 Å². The van der Waals surface area contributed by atoms with Gasteiger partial charge in [0, 0.05) is 12.1 Å². The highest BCUT2D eigenvalue weighted by Gasteiger charge is 2.50. The summed E-state index contributed by atoms with van der Waals surface area (Å²) in [7, 11) is 0. The van der Waals surface area contributed by atoms with Crippen LogP contribution in [0.2, 0.25) is 0 Å². The van der Waals surface area contributed by atoms with E-state index in [1.54, 1.807) is 6.92 Å². The molecule has 31 heavy (non-hydrogen) atoms. The number of nitrogens with two attached hydrogens (primary N) is 4. The minimum atomic E-state index is -1.43. The highest BCUT2D eigenvalue weighted by molar-refractivity contribution is 5.01. The Kier molecular flexibility index (Phi) is 8.24. The summed E-state index contributed by atoms with van der Waals surface area (Å²) < 4.78 is 22.7. The van der Waals surface area contributed by atoms with Crippen molar-refractivity contribution in [3.8, 4) is 0 Å². The first-order chi connectivity index (χ1) is 14.5. The second kappa shape index (κ2) is 10.2. The zero-order valence-electron chi connectivity index (χ0n) is 17.4. The third-order valence-corrected chi connectivity index (χ3v) is 6.34. The monoisotopic (exact) mass is 452 g/mol. The Hall–Kier alpha value is -0.520. The molecule has 0 aromatic carbocycles. The molecular weight excluding hydrogens is 416 g/mol. The van der Waals surface area contributed by atoms with Gasteiger partial charge in [-0.15, -0.1) is 0 Å². The number of hydrogen-bond donors (Lipinski definition) is 9. The van der Waals surface area contributed by atoms with Gasteiger partial charge in [-0.05, 0) is 19.8 Å². The van der Waals surface area contributed by atoms with Crippen molar-refractivity contribution in [1.82, 2.24) is 0 Å². The van der Waals surface area contributed by atoms with Gasteiger partial charge in [0.2, 0.25) is 0 Å². The summed E-state index contributed by atoms with van der Waals surface area (Å²) in [5.41, 5.74) is 24.1. The molecule has 13 N–H and O–H groups in total. The first-order valence-electron chi connectivity index (χ1n) is 10.5. The molecule has 0 bridgehead atoms. The Morgan fingerprint density at radius 2 is 1.35 bits per heavy atom. The van der Waals surface area contributed by atoms with E-state index in [-0.39, 0.29) is 12.8 Å². The highest BCUT2D eigenvalue weighted by atomic mass is 16.7. The summed E-state index contributed by atoms with van der Waals surface area (Å²) in [5, 5.41) is 50.5. The number of rotatable bonds is 5. The SMILES string of the molecule is C[C@H]1O[C@H](O[C@H]2[C@H](O)[C@@H](O[C@H]3O[C@H](CO)[C@@H](O)[C@H](N)[C@H]3O)[C@H](N)C[C@@H]2N)[C@H](N)C[C@@H]1O. The van der Waals surface area contributed by atoms with E-state index in [2.05, 4.69) is 0 Å². The van der Waals surface area contributed by atoms with E-state index in [0.29, 0.717) is 0 Å². The van der Waals surface area contributed by atoms with Crippen LogP contribution in [0.15, 0.2) is 0 Å². The maximum absolute atomic E-state index is 10.9. The van der Waals surface area contributed by atoms with Crippen molar-refractivity contribution < 1.29 is 44.5 Å². The summed E-state index contributed by atoms with van der Waals surface area (Å²) >= 11 is 0. The van der Waals surface area contributed by atoms with Gasteiger partial charge in [-0.2, -0.15) is 0 Å². The molecule has 0 spiro atoms. The van der Waals surface area contributed by atoms with E-state index in [9.17, 15) is 25.5 Å². The first-order valence-corrected chi connectivity index (χ1v) is 10.5. The molecule has 1 aliphatic carbocycles. The second-order valence-electron chi connectivity index (χ2n) is 8.72. The van der Waals surface area contributed by atoms with Gasteiger partial charge < -0.3 is 67.4 Å². The fourth-order valence-electron chi connectivity index (χ4n) is 4.29. The molecule has 2 aliphatic heterocycles. The molecule has 3 fully saturated rings. The lowest BCUT2D eigenvalue weighted by Gasteiger charge is -2.47. The van der Waals surface area contributed by atoms with E-state index in [4.69, 9.17) is 41.9 Å². The largest absolute Gasteiger partial charge is 0.394 e. The first kappa shape index (κ1) is 25.1. The normalized spacial score (nSPS) is 54.0. The van der Waals surface area contributed by atoms with Crippen LogP contribution in [0.4, 0.5) is 0 Å². The molecule has 1 saturated carbocycles. The smallest absolute Gasteiger partial charge is 0.186 e. The van der Waals surface area contributed by atoms with Gasteiger partial charge in [0.05, 0.1) is 30.9 Å². The van der Waals surface area contributed by atoms with E-state index in [1.807, 2.05) is 0 Å². The lowest BCUT2D eigenvalue weighted by atomic mass is 9.84. The standard InChI is InChI=1S/C18H36N4O9/c1-5-9(24)3-8(21)17(28-5)30-15-6(19)2-7(20)16(14(15)27)31-18-13(26)11(22)12(25)10(4-23)29-18/h5-18,23-27H,2-4,19-22H2,1H3/t5-,6+,7-,8-,9+,10-,11+,12-,13-,14+,15-,16+,17-,18-/m1/s1. The van der Waals surface area contributed by atoms with Crippen LogP contribution in [0.25, 0.3) is 0 Å². The average Bonchev–Trinajstić information content (AvgIpc) is 2.71. The quantitative estimate of drug-likeness (QED) is 0.189. The Balaban J connectivity index is 1.70. The molecule has 0 unspecified atom stereocenters. The fourth-order valence-corrected chi connectivity index (χ4v) is 4.29. The lowest BCUT2D eigenvalue weighted by Crippen LogP contribution is -2.68. The van der Waals surface area contributed by atoms with E-state index in [0.717, 1.165) is 0 Å². The van der Waals surface area contributed by atoms with Crippen LogP contribution in [0.5, 0.6) is 0 Å². The van der Waals surface area contributed by atoms with E-state index >= 15 is 0 Å². The fraction of sp³-hybridized carbons (Fsp3) is 1.00. The third kappa shape index (κ3) is 5.19. The third-order valence-electron chi connectivity index (χ3n) is 6.34. The van der Waals surface area contributed by atoms with Crippen LogP contribution in [-0.4, -0.2) is 118 Å². The van der Waals surface area contributed by atoms with Crippen molar-refractivity contribution in [2.24, 2.45) is 22.9 Å². The molecule has 182 valence electrons. The van der Waals surface area contributed by atoms with Gasteiger partial charge in [-0.3, -0.25) is 0 Å². The predicted octanol–water partition coefficient (Wildman–Crippen LogP) is -5.23.